The van der Waals surface area contributed by atoms with Crippen LogP contribution in [0.4, 0.5) is 0 Å². The fraction of sp³-hybridized carbons (Fsp3) is 0.556. The quantitative estimate of drug-likeness (QED) is 0.724. The Morgan fingerprint density at radius 2 is 2.04 bits per heavy atom. The molecule has 0 atom stereocenters. The molecule has 132 valence electrons. The van der Waals surface area contributed by atoms with Crippen LogP contribution < -0.4 is 10.1 Å². The molecule has 1 aromatic carbocycles. The molecule has 0 aliphatic heterocycles. The van der Waals surface area contributed by atoms with Gasteiger partial charge in [0.2, 0.25) is 5.91 Å². The summed E-state index contributed by atoms with van der Waals surface area (Å²) < 4.78 is 10.3. The summed E-state index contributed by atoms with van der Waals surface area (Å²) in [6, 6.07) is 7.12. The summed E-state index contributed by atoms with van der Waals surface area (Å²) in [7, 11) is 1.66. The number of ether oxygens (including phenoxy) is 2. The lowest BCUT2D eigenvalue weighted by Gasteiger charge is -2.27. The van der Waals surface area contributed by atoms with Crippen molar-refractivity contribution in [1.82, 2.24) is 5.32 Å². The first-order valence-electron chi connectivity index (χ1n) is 8.26. The van der Waals surface area contributed by atoms with Crippen LogP contribution in [0, 0.1) is 5.41 Å². The van der Waals surface area contributed by atoms with Crippen LogP contribution in [0.25, 0.3) is 0 Å². The highest BCUT2D eigenvalue weighted by Gasteiger charge is 2.40. The zero-order valence-electron chi connectivity index (χ0n) is 14.0. The minimum Gasteiger partial charge on any atom is -0.482 e. The van der Waals surface area contributed by atoms with E-state index in [4.69, 9.17) is 14.6 Å². The molecule has 2 N–H and O–H groups in total. The summed E-state index contributed by atoms with van der Waals surface area (Å²) in [5.74, 6) is -0.456. The SMILES string of the molecule is COCCC1(C(=O)NCc2cccc(OCC(=O)O)c2)CCCC1. The van der Waals surface area contributed by atoms with Crippen LogP contribution in [-0.2, 0) is 20.9 Å². The predicted molar refractivity (Wildman–Crippen MR) is 88.8 cm³/mol. The van der Waals surface area contributed by atoms with Gasteiger partial charge in [0, 0.05) is 20.3 Å². The fourth-order valence-electron chi connectivity index (χ4n) is 3.20. The third kappa shape index (κ3) is 4.96. The maximum absolute atomic E-state index is 12.7. The van der Waals surface area contributed by atoms with Crippen LogP contribution in [0.2, 0.25) is 0 Å². The average molecular weight is 335 g/mol. The number of aliphatic carboxylic acids is 1. The molecule has 1 aliphatic rings. The van der Waals surface area contributed by atoms with Crippen molar-refractivity contribution in [3.05, 3.63) is 29.8 Å². The number of amides is 1. The number of carboxylic acid groups (broad SMARTS) is 1. The van der Waals surface area contributed by atoms with Crippen molar-refractivity contribution in [2.24, 2.45) is 5.41 Å². The first-order chi connectivity index (χ1) is 11.6. The molecular formula is C18H25NO5. The molecule has 1 aliphatic carbocycles. The van der Waals surface area contributed by atoms with E-state index in [9.17, 15) is 9.59 Å². The van der Waals surface area contributed by atoms with Crippen molar-refractivity contribution in [2.45, 2.75) is 38.6 Å². The predicted octanol–water partition coefficient (Wildman–Crippen LogP) is 2.36. The Morgan fingerprint density at radius 3 is 2.71 bits per heavy atom. The molecule has 2 rings (SSSR count). The van der Waals surface area contributed by atoms with E-state index in [0.717, 1.165) is 37.7 Å². The third-order valence-electron chi connectivity index (χ3n) is 4.54. The molecule has 0 bridgehead atoms. The van der Waals surface area contributed by atoms with Crippen molar-refractivity contribution in [3.8, 4) is 5.75 Å². The summed E-state index contributed by atoms with van der Waals surface area (Å²) >= 11 is 0. The molecule has 0 heterocycles. The molecule has 0 unspecified atom stereocenters. The average Bonchev–Trinajstić information content (AvgIpc) is 3.06. The van der Waals surface area contributed by atoms with Gasteiger partial charge in [-0.2, -0.15) is 0 Å². The number of hydrogen-bond donors (Lipinski definition) is 2. The first kappa shape index (κ1) is 18.3. The van der Waals surface area contributed by atoms with Gasteiger partial charge in [0.05, 0.1) is 5.41 Å². The second kappa shape index (κ2) is 8.68. The van der Waals surface area contributed by atoms with Gasteiger partial charge in [-0.1, -0.05) is 25.0 Å². The summed E-state index contributed by atoms with van der Waals surface area (Å²) in [5, 5.41) is 11.7. The number of nitrogens with one attached hydrogen (secondary N) is 1. The standard InChI is InChI=1S/C18H25NO5/c1-23-10-9-18(7-2-3-8-18)17(22)19-12-14-5-4-6-15(11-14)24-13-16(20)21/h4-6,11H,2-3,7-10,12-13H2,1H3,(H,19,22)(H,20,21). The van der Waals surface area contributed by atoms with Crippen molar-refractivity contribution in [2.75, 3.05) is 20.3 Å². The largest absolute Gasteiger partial charge is 0.482 e. The van der Waals surface area contributed by atoms with Crippen LogP contribution >= 0.6 is 0 Å². The van der Waals surface area contributed by atoms with Crippen LogP contribution in [-0.4, -0.2) is 37.3 Å². The highest BCUT2D eigenvalue weighted by molar-refractivity contribution is 5.82. The second-order valence-corrected chi connectivity index (χ2v) is 6.24. The zero-order valence-corrected chi connectivity index (χ0v) is 14.0. The molecule has 24 heavy (non-hydrogen) atoms. The van der Waals surface area contributed by atoms with Gasteiger partial charge < -0.3 is 19.9 Å². The van der Waals surface area contributed by atoms with Crippen LogP contribution in [0.3, 0.4) is 0 Å². The summed E-state index contributed by atoms with van der Waals surface area (Å²) in [6.45, 7) is 0.611. The van der Waals surface area contributed by atoms with E-state index in [1.165, 1.54) is 0 Å². The number of hydrogen-bond acceptors (Lipinski definition) is 4. The third-order valence-corrected chi connectivity index (χ3v) is 4.54. The summed E-state index contributed by atoms with van der Waals surface area (Å²) in [5.41, 5.74) is 0.569. The van der Waals surface area contributed by atoms with Crippen molar-refractivity contribution in [1.29, 1.82) is 0 Å². The van der Waals surface area contributed by atoms with E-state index in [1.54, 1.807) is 25.3 Å². The fourth-order valence-corrected chi connectivity index (χ4v) is 3.20. The number of carboxylic acids is 1. The van der Waals surface area contributed by atoms with Gasteiger partial charge in [-0.25, -0.2) is 4.79 Å². The van der Waals surface area contributed by atoms with Crippen molar-refractivity contribution >= 4 is 11.9 Å². The van der Waals surface area contributed by atoms with E-state index < -0.39 is 5.97 Å². The molecule has 0 aromatic heterocycles. The molecule has 0 radical (unpaired) electrons. The van der Waals surface area contributed by atoms with E-state index in [0.29, 0.717) is 18.9 Å². The highest BCUT2D eigenvalue weighted by atomic mass is 16.5. The molecule has 6 heteroatoms. The number of methoxy groups -OCH3 is 1. The number of benzene rings is 1. The Bertz CT molecular complexity index is 566. The highest BCUT2D eigenvalue weighted by Crippen LogP contribution is 2.41. The number of carbonyl (C=O) groups is 2. The Morgan fingerprint density at radius 1 is 1.29 bits per heavy atom. The maximum atomic E-state index is 12.7. The molecule has 6 nitrogen and oxygen atoms in total. The van der Waals surface area contributed by atoms with E-state index in [-0.39, 0.29) is 17.9 Å². The van der Waals surface area contributed by atoms with Gasteiger partial charge in [-0.3, -0.25) is 4.79 Å². The molecule has 1 fully saturated rings. The van der Waals surface area contributed by atoms with Gasteiger partial charge in [0.25, 0.3) is 0 Å². The molecule has 0 saturated heterocycles. The lowest BCUT2D eigenvalue weighted by molar-refractivity contribution is -0.139. The Balaban J connectivity index is 1.92. The molecule has 1 amide bonds. The van der Waals surface area contributed by atoms with E-state index in [2.05, 4.69) is 5.32 Å². The van der Waals surface area contributed by atoms with Crippen molar-refractivity contribution in [3.63, 3.8) is 0 Å². The maximum Gasteiger partial charge on any atom is 0.341 e. The Kier molecular flexibility index (Phi) is 6.61. The lowest BCUT2D eigenvalue weighted by atomic mass is 9.82. The van der Waals surface area contributed by atoms with Crippen molar-refractivity contribution < 1.29 is 24.2 Å². The van der Waals surface area contributed by atoms with E-state index >= 15 is 0 Å². The van der Waals surface area contributed by atoms with Crippen LogP contribution in [0.15, 0.2) is 24.3 Å². The van der Waals surface area contributed by atoms with Gasteiger partial charge in [-0.15, -0.1) is 0 Å². The van der Waals surface area contributed by atoms with E-state index in [1.807, 2.05) is 6.07 Å². The van der Waals surface area contributed by atoms with Crippen LogP contribution in [0.1, 0.15) is 37.7 Å². The Hall–Kier alpha value is -2.08. The zero-order chi connectivity index (χ0) is 17.4. The minimum absolute atomic E-state index is 0.0777. The molecule has 1 saturated carbocycles. The monoisotopic (exact) mass is 335 g/mol. The molecule has 0 spiro atoms. The topological polar surface area (TPSA) is 84.9 Å². The molecule has 1 aromatic rings. The van der Waals surface area contributed by atoms with Crippen LogP contribution in [0.5, 0.6) is 5.75 Å². The smallest absolute Gasteiger partial charge is 0.341 e. The normalized spacial score (nSPS) is 15.9. The van der Waals surface area contributed by atoms with Gasteiger partial charge >= 0.3 is 5.97 Å². The van der Waals surface area contributed by atoms with Gasteiger partial charge in [0.1, 0.15) is 5.75 Å². The Labute approximate surface area is 142 Å². The summed E-state index contributed by atoms with van der Waals surface area (Å²) in [4.78, 5) is 23.2. The number of rotatable bonds is 9. The van der Waals surface area contributed by atoms with Gasteiger partial charge in [0.15, 0.2) is 6.61 Å². The summed E-state index contributed by atoms with van der Waals surface area (Å²) in [6.07, 6.45) is 4.72. The number of carbonyl (C=O) groups excluding carboxylic acids is 1. The van der Waals surface area contributed by atoms with Gasteiger partial charge in [-0.05, 0) is 37.0 Å². The molecular weight excluding hydrogens is 310 g/mol. The lowest BCUT2D eigenvalue weighted by Crippen LogP contribution is -2.39. The first-order valence-corrected chi connectivity index (χ1v) is 8.26. The second-order valence-electron chi connectivity index (χ2n) is 6.24. The minimum atomic E-state index is -1.02.